The van der Waals surface area contributed by atoms with Crippen molar-refractivity contribution in [3.63, 3.8) is 0 Å². The van der Waals surface area contributed by atoms with Crippen LogP contribution in [0, 0.1) is 0 Å². The Morgan fingerprint density at radius 1 is 0.351 bits per heavy atom. The number of allylic oxidation sites excluding steroid dienone is 5. The molecule has 6 nitrogen and oxygen atoms in total. The molecule has 0 heterocycles. The van der Waals surface area contributed by atoms with Gasteiger partial charge in [-0.3, -0.25) is 9.59 Å². The summed E-state index contributed by atoms with van der Waals surface area (Å²) in [6.07, 6.45) is 84.9. The molecular formula is C71H135NO5. The number of carbonyl (C=O) groups excluding carboxylic acids is 2. The van der Waals surface area contributed by atoms with Crippen molar-refractivity contribution in [2.75, 3.05) is 13.2 Å². The van der Waals surface area contributed by atoms with Gasteiger partial charge >= 0.3 is 5.97 Å². The molecule has 2 atom stereocenters. The lowest BCUT2D eigenvalue weighted by Gasteiger charge is -2.20. The number of hydrogen-bond acceptors (Lipinski definition) is 5. The molecule has 0 rings (SSSR count). The number of nitrogens with one attached hydrogen (secondary N) is 1. The van der Waals surface area contributed by atoms with E-state index in [9.17, 15) is 19.8 Å². The number of aliphatic hydroxyl groups is 2. The normalized spacial score (nSPS) is 12.7. The summed E-state index contributed by atoms with van der Waals surface area (Å²) in [4.78, 5) is 24.6. The van der Waals surface area contributed by atoms with Gasteiger partial charge in [0.25, 0.3) is 0 Å². The Hall–Kier alpha value is -1.92. The first-order valence-electron chi connectivity index (χ1n) is 34.8. The zero-order valence-corrected chi connectivity index (χ0v) is 52.0. The molecule has 1 amide bonds. The second-order valence-corrected chi connectivity index (χ2v) is 23.9. The van der Waals surface area contributed by atoms with Crippen molar-refractivity contribution >= 4 is 11.9 Å². The number of hydrogen-bond donors (Lipinski definition) is 3. The minimum absolute atomic E-state index is 0.00342. The van der Waals surface area contributed by atoms with E-state index in [0.717, 1.165) is 51.4 Å². The fraction of sp³-hybridized carbons (Fsp3) is 0.887. The number of aliphatic hydroxyl groups excluding tert-OH is 2. The van der Waals surface area contributed by atoms with E-state index in [1.54, 1.807) is 6.08 Å². The monoisotopic (exact) mass is 1080 g/mol. The summed E-state index contributed by atoms with van der Waals surface area (Å²) >= 11 is 0. The molecule has 0 aliphatic rings. The zero-order valence-electron chi connectivity index (χ0n) is 52.0. The van der Waals surface area contributed by atoms with Gasteiger partial charge in [-0.25, -0.2) is 0 Å². The van der Waals surface area contributed by atoms with Gasteiger partial charge in [0.1, 0.15) is 0 Å². The number of carbonyl (C=O) groups is 2. The summed E-state index contributed by atoms with van der Waals surface area (Å²) in [5.41, 5.74) is 0. The highest BCUT2D eigenvalue weighted by atomic mass is 16.5. The van der Waals surface area contributed by atoms with Crippen LogP contribution in [0.4, 0.5) is 0 Å². The molecular weight excluding hydrogens is 947 g/mol. The van der Waals surface area contributed by atoms with E-state index in [2.05, 4.69) is 43.5 Å². The quantitative estimate of drug-likeness (QED) is 0.0320. The van der Waals surface area contributed by atoms with Crippen LogP contribution < -0.4 is 5.32 Å². The maximum absolute atomic E-state index is 12.5. The molecule has 77 heavy (non-hydrogen) atoms. The van der Waals surface area contributed by atoms with Crippen LogP contribution in [0.3, 0.4) is 0 Å². The number of amides is 1. The molecule has 0 fully saturated rings. The Bertz CT molecular complexity index is 1250. The lowest BCUT2D eigenvalue weighted by atomic mass is 10.0. The average Bonchev–Trinajstić information content (AvgIpc) is 3.43. The van der Waals surface area contributed by atoms with Gasteiger partial charge < -0.3 is 20.3 Å². The van der Waals surface area contributed by atoms with Gasteiger partial charge in [0.2, 0.25) is 5.91 Å². The zero-order chi connectivity index (χ0) is 55.7. The van der Waals surface area contributed by atoms with Crippen molar-refractivity contribution in [2.24, 2.45) is 0 Å². The topological polar surface area (TPSA) is 95.9 Å². The molecule has 6 heteroatoms. The third-order valence-corrected chi connectivity index (χ3v) is 16.1. The minimum Gasteiger partial charge on any atom is -0.466 e. The summed E-state index contributed by atoms with van der Waals surface area (Å²) in [6.45, 7) is 4.92. The summed E-state index contributed by atoms with van der Waals surface area (Å²) in [7, 11) is 0. The third-order valence-electron chi connectivity index (χ3n) is 16.1. The minimum atomic E-state index is -0.852. The van der Waals surface area contributed by atoms with Crippen molar-refractivity contribution in [3.8, 4) is 0 Å². The first-order chi connectivity index (χ1) is 38.0. The number of ether oxygens (including phenoxy) is 1. The Labute approximate surface area is 481 Å². The van der Waals surface area contributed by atoms with Crippen LogP contribution in [-0.4, -0.2) is 47.4 Å². The maximum atomic E-state index is 12.5. The van der Waals surface area contributed by atoms with E-state index in [1.807, 2.05) is 6.08 Å². The summed E-state index contributed by atoms with van der Waals surface area (Å²) in [5, 5.41) is 23.2. The molecule has 0 saturated heterocycles. The molecule has 0 aromatic carbocycles. The molecule has 2 unspecified atom stereocenters. The van der Waals surface area contributed by atoms with E-state index < -0.39 is 12.1 Å². The fourth-order valence-corrected chi connectivity index (χ4v) is 10.8. The lowest BCUT2D eigenvalue weighted by molar-refractivity contribution is -0.143. The number of rotatable bonds is 65. The molecule has 0 spiro atoms. The molecule has 3 N–H and O–H groups in total. The highest BCUT2D eigenvalue weighted by molar-refractivity contribution is 5.76. The Balaban J connectivity index is 3.45. The van der Waals surface area contributed by atoms with Gasteiger partial charge in [-0.1, -0.05) is 320 Å². The lowest BCUT2D eigenvalue weighted by Crippen LogP contribution is -2.45. The first-order valence-corrected chi connectivity index (χ1v) is 34.8. The largest absolute Gasteiger partial charge is 0.466 e. The van der Waals surface area contributed by atoms with Crippen LogP contribution >= 0.6 is 0 Å². The summed E-state index contributed by atoms with van der Waals surface area (Å²) in [6, 6.07) is -0.637. The highest BCUT2D eigenvalue weighted by Gasteiger charge is 2.18. The molecule has 454 valence electrons. The molecule has 0 aromatic heterocycles. The van der Waals surface area contributed by atoms with E-state index >= 15 is 0 Å². The van der Waals surface area contributed by atoms with Crippen LogP contribution in [0.5, 0.6) is 0 Å². The van der Waals surface area contributed by atoms with E-state index in [0.29, 0.717) is 19.4 Å². The van der Waals surface area contributed by atoms with Gasteiger partial charge in [-0.2, -0.15) is 0 Å². The van der Waals surface area contributed by atoms with Crippen molar-refractivity contribution in [3.05, 3.63) is 36.5 Å². The number of unbranched alkanes of at least 4 members (excludes halogenated alkanes) is 50. The predicted octanol–water partition coefficient (Wildman–Crippen LogP) is 22.3. The van der Waals surface area contributed by atoms with Crippen molar-refractivity contribution < 1.29 is 24.5 Å². The van der Waals surface area contributed by atoms with Crippen LogP contribution in [-0.2, 0) is 14.3 Å². The Morgan fingerprint density at radius 3 is 0.922 bits per heavy atom. The Morgan fingerprint density at radius 2 is 0.610 bits per heavy atom. The second kappa shape index (κ2) is 66.6. The third kappa shape index (κ3) is 63.1. The smallest absolute Gasteiger partial charge is 0.305 e. The van der Waals surface area contributed by atoms with Crippen molar-refractivity contribution in [1.29, 1.82) is 0 Å². The van der Waals surface area contributed by atoms with E-state index in [1.165, 1.54) is 302 Å². The average molecular weight is 1080 g/mol. The van der Waals surface area contributed by atoms with Crippen molar-refractivity contribution in [1.82, 2.24) is 5.32 Å². The number of esters is 1. The maximum Gasteiger partial charge on any atom is 0.305 e. The van der Waals surface area contributed by atoms with Gasteiger partial charge in [0.15, 0.2) is 0 Å². The second-order valence-electron chi connectivity index (χ2n) is 23.9. The van der Waals surface area contributed by atoms with E-state index in [4.69, 9.17) is 4.74 Å². The SMILES string of the molecule is CCCCCCCC/C=C\CCCCCCCCCCCC(=O)OCCCCCCCCCC/C=C\CCCCCCCCCC(=O)NC(CO)C(O)/C=C/CCCCCCCCCCCCCCCCCCCCCC. The predicted molar refractivity (Wildman–Crippen MR) is 338 cm³/mol. The van der Waals surface area contributed by atoms with E-state index in [-0.39, 0.29) is 18.5 Å². The molecule has 0 aliphatic heterocycles. The first kappa shape index (κ1) is 75.1. The molecule has 0 radical (unpaired) electrons. The van der Waals surface area contributed by atoms with Gasteiger partial charge in [0.05, 0.1) is 25.4 Å². The van der Waals surface area contributed by atoms with Gasteiger partial charge in [0, 0.05) is 12.8 Å². The van der Waals surface area contributed by atoms with Crippen LogP contribution in [0.1, 0.15) is 380 Å². The van der Waals surface area contributed by atoms with Crippen molar-refractivity contribution in [2.45, 2.75) is 392 Å². The fourth-order valence-electron chi connectivity index (χ4n) is 10.8. The molecule has 0 saturated carbocycles. The van der Waals surface area contributed by atoms with Crippen LogP contribution in [0.2, 0.25) is 0 Å². The van der Waals surface area contributed by atoms with Gasteiger partial charge in [-0.15, -0.1) is 0 Å². The summed E-state index contributed by atoms with van der Waals surface area (Å²) in [5.74, 6) is -0.0708. The highest BCUT2D eigenvalue weighted by Crippen LogP contribution is 2.18. The molecule has 0 aromatic rings. The standard InChI is InChI=1S/C71H135NO5/c1-3-5-7-9-11-13-15-17-19-21-23-24-25-28-31-35-39-43-47-51-55-59-63-69(74)68(67-73)72-70(75)64-60-56-52-48-44-40-36-32-29-26-30-34-38-42-46-50-54-58-62-66-77-71(76)65-61-57-53-49-45-41-37-33-27-22-20-18-16-14-12-10-8-6-4-2/h18,20,26,29,59,63,68-69,73-74H,3-17,19,21-25,27-28,30-58,60-62,64-67H2,1-2H3,(H,72,75)/b20-18-,29-26-,63-59+. The molecule has 0 bridgehead atoms. The Kier molecular flexibility index (Phi) is 64.9. The van der Waals surface area contributed by atoms with Crippen LogP contribution in [0.15, 0.2) is 36.5 Å². The summed E-state index contributed by atoms with van der Waals surface area (Å²) < 4.78 is 5.50. The van der Waals surface area contributed by atoms with Gasteiger partial charge in [-0.05, 0) is 83.5 Å². The van der Waals surface area contributed by atoms with Crippen LogP contribution in [0.25, 0.3) is 0 Å². The molecule has 0 aliphatic carbocycles.